The van der Waals surface area contributed by atoms with Crippen molar-refractivity contribution in [3.8, 4) is 34.1 Å². The van der Waals surface area contributed by atoms with E-state index in [1.807, 2.05) is 30.3 Å². The topological polar surface area (TPSA) is 40.2 Å². The summed E-state index contributed by atoms with van der Waals surface area (Å²) < 4.78 is 23.1. The van der Waals surface area contributed by atoms with Gasteiger partial charge in [0.1, 0.15) is 6.61 Å². The molecule has 0 atom stereocenters. The molecule has 172 valence electrons. The van der Waals surface area contributed by atoms with E-state index < -0.39 is 0 Å². The summed E-state index contributed by atoms with van der Waals surface area (Å²) in [6.07, 6.45) is 2.24. The van der Waals surface area contributed by atoms with Gasteiger partial charge in [-0.05, 0) is 36.2 Å². The zero-order valence-corrected chi connectivity index (χ0v) is 19.8. The quantitative estimate of drug-likeness (QED) is 0.468. The van der Waals surface area contributed by atoms with Gasteiger partial charge >= 0.3 is 0 Å². The first-order valence-electron chi connectivity index (χ1n) is 11.1. The van der Waals surface area contributed by atoms with Gasteiger partial charge in [-0.1, -0.05) is 54.1 Å². The summed E-state index contributed by atoms with van der Waals surface area (Å²) in [5.74, 6) is 2.94. The van der Waals surface area contributed by atoms with Gasteiger partial charge in [0.05, 0.1) is 21.3 Å². The Bertz CT molecular complexity index is 1120. The van der Waals surface area contributed by atoms with E-state index >= 15 is 0 Å². The van der Waals surface area contributed by atoms with Crippen LogP contribution in [-0.4, -0.2) is 45.9 Å². The van der Waals surface area contributed by atoms with Crippen molar-refractivity contribution in [2.24, 2.45) is 0 Å². The third kappa shape index (κ3) is 5.15. The molecular formula is C28H31NO4. The summed E-state index contributed by atoms with van der Waals surface area (Å²) >= 11 is 0. The van der Waals surface area contributed by atoms with E-state index in [4.69, 9.17) is 18.9 Å². The molecule has 3 aromatic rings. The smallest absolute Gasteiger partial charge is 0.168 e. The predicted molar refractivity (Wildman–Crippen MR) is 132 cm³/mol. The monoisotopic (exact) mass is 445 g/mol. The average molecular weight is 446 g/mol. The first kappa shape index (κ1) is 22.7. The van der Waals surface area contributed by atoms with Crippen molar-refractivity contribution < 1.29 is 18.9 Å². The van der Waals surface area contributed by atoms with Crippen LogP contribution in [0.25, 0.3) is 17.2 Å². The molecule has 0 fully saturated rings. The van der Waals surface area contributed by atoms with Crippen molar-refractivity contribution in [3.63, 3.8) is 0 Å². The van der Waals surface area contributed by atoms with Crippen LogP contribution >= 0.6 is 0 Å². The number of benzene rings is 3. The SMILES string of the molecule is COc1cc(-c2cccc(OC)c2OC)cc2c1OCCN(CC(C)=Cc1ccccc1)C2. The summed E-state index contributed by atoms with van der Waals surface area (Å²) in [5, 5.41) is 0. The number of rotatable bonds is 7. The van der Waals surface area contributed by atoms with Gasteiger partial charge in [0.25, 0.3) is 0 Å². The Balaban J connectivity index is 1.66. The second kappa shape index (κ2) is 10.5. The largest absolute Gasteiger partial charge is 0.493 e. The lowest BCUT2D eigenvalue weighted by Crippen LogP contribution is -2.27. The Morgan fingerprint density at radius 2 is 1.73 bits per heavy atom. The number of hydrogen-bond donors (Lipinski definition) is 0. The molecule has 1 aliphatic heterocycles. The molecule has 0 saturated carbocycles. The molecule has 33 heavy (non-hydrogen) atoms. The van der Waals surface area contributed by atoms with Crippen LogP contribution in [0, 0.1) is 0 Å². The second-order valence-corrected chi connectivity index (χ2v) is 8.17. The van der Waals surface area contributed by atoms with Gasteiger partial charge in [0, 0.05) is 30.8 Å². The lowest BCUT2D eigenvalue weighted by Gasteiger charge is -2.20. The molecule has 0 bridgehead atoms. The van der Waals surface area contributed by atoms with Crippen molar-refractivity contribution in [1.82, 2.24) is 4.90 Å². The maximum atomic E-state index is 6.15. The van der Waals surface area contributed by atoms with E-state index in [1.54, 1.807) is 21.3 Å². The highest BCUT2D eigenvalue weighted by Gasteiger charge is 2.22. The highest BCUT2D eigenvalue weighted by molar-refractivity contribution is 5.77. The molecule has 5 heteroatoms. The first-order valence-corrected chi connectivity index (χ1v) is 11.1. The van der Waals surface area contributed by atoms with Crippen molar-refractivity contribution in [2.75, 3.05) is 41.0 Å². The lowest BCUT2D eigenvalue weighted by molar-refractivity contribution is 0.235. The van der Waals surface area contributed by atoms with E-state index in [2.05, 4.69) is 48.2 Å². The number of fused-ring (bicyclic) bond motifs is 1. The average Bonchev–Trinajstić information content (AvgIpc) is 3.04. The van der Waals surface area contributed by atoms with Gasteiger partial charge in [-0.15, -0.1) is 0 Å². The van der Waals surface area contributed by atoms with Gasteiger partial charge in [0.15, 0.2) is 23.0 Å². The van der Waals surface area contributed by atoms with Crippen LogP contribution in [0.2, 0.25) is 0 Å². The van der Waals surface area contributed by atoms with Crippen LogP contribution in [0.3, 0.4) is 0 Å². The van der Waals surface area contributed by atoms with Crippen LogP contribution < -0.4 is 18.9 Å². The standard InChI is InChI=1S/C28H31NO4/c1-20(15-21-9-6-5-7-10-21)18-29-13-14-33-27-23(19-29)16-22(17-26(27)31-3)24-11-8-12-25(30-2)28(24)32-4/h5-12,15-17H,13-14,18-19H2,1-4H3. The maximum absolute atomic E-state index is 6.15. The minimum absolute atomic E-state index is 0.615. The van der Waals surface area contributed by atoms with Crippen LogP contribution in [0.1, 0.15) is 18.1 Å². The molecule has 5 nitrogen and oxygen atoms in total. The summed E-state index contributed by atoms with van der Waals surface area (Å²) in [6.45, 7) is 5.27. The third-order valence-corrected chi connectivity index (χ3v) is 5.80. The van der Waals surface area contributed by atoms with Crippen molar-refractivity contribution in [1.29, 1.82) is 0 Å². The molecule has 1 aliphatic rings. The molecule has 0 aliphatic carbocycles. The van der Waals surface area contributed by atoms with E-state index in [9.17, 15) is 0 Å². The normalized spacial score (nSPS) is 14.1. The molecule has 3 aromatic carbocycles. The van der Waals surface area contributed by atoms with Crippen LogP contribution in [-0.2, 0) is 6.54 Å². The van der Waals surface area contributed by atoms with Gasteiger partial charge in [-0.3, -0.25) is 4.90 Å². The number of methoxy groups -OCH3 is 3. The molecular weight excluding hydrogens is 414 g/mol. The maximum Gasteiger partial charge on any atom is 0.168 e. The fraction of sp³-hybridized carbons (Fsp3) is 0.286. The molecule has 4 rings (SSSR count). The summed E-state index contributed by atoms with van der Waals surface area (Å²) in [7, 11) is 4.99. The van der Waals surface area contributed by atoms with Gasteiger partial charge in [-0.2, -0.15) is 0 Å². The van der Waals surface area contributed by atoms with E-state index in [0.29, 0.717) is 18.1 Å². The summed E-state index contributed by atoms with van der Waals surface area (Å²) in [4.78, 5) is 2.41. The summed E-state index contributed by atoms with van der Waals surface area (Å²) in [6, 6.07) is 20.5. The van der Waals surface area contributed by atoms with E-state index in [0.717, 1.165) is 47.8 Å². The molecule has 0 spiro atoms. The fourth-order valence-corrected chi connectivity index (χ4v) is 4.33. The number of hydrogen-bond acceptors (Lipinski definition) is 5. The Morgan fingerprint density at radius 1 is 0.939 bits per heavy atom. The van der Waals surface area contributed by atoms with Gasteiger partial charge < -0.3 is 18.9 Å². The predicted octanol–water partition coefficient (Wildman–Crippen LogP) is 5.68. The molecule has 0 amide bonds. The Labute approximate surface area is 196 Å². The first-order chi connectivity index (χ1) is 16.1. The van der Waals surface area contributed by atoms with Crippen molar-refractivity contribution in [2.45, 2.75) is 13.5 Å². The van der Waals surface area contributed by atoms with Gasteiger partial charge in [-0.25, -0.2) is 0 Å². The van der Waals surface area contributed by atoms with Gasteiger partial charge in [0.2, 0.25) is 0 Å². The number of para-hydroxylation sites is 1. The lowest BCUT2D eigenvalue weighted by atomic mass is 10.00. The Hall–Kier alpha value is -3.44. The number of ether oxygens (including phenoxy) is 4. The zero-order chi connectivity index (χ0) is 23.2. The third-order valence-electron chi connectivity index (χ3n) is 5.80. The van der Waals surface area contributed by atoms with E-state index in [1.165, 1.54) is 11.1 Å². The van der Waals surface area contributed by atoms with Crippen LogP contribution in [0.15, 0.2) is 66.2 Å². The molecule has 0 unspecified atom stereocenters. The number of nitrogens with zero attached hydrogens (tertiary/aromatic N) is 1. The Morgan fingerprint density at radius 3 is 2.45 bits per heavy atom. The fourth-order valence-electron chi connectivity index (χ4n) is 4.33. The zero-order valence-electron chi connectivity index (χ0n) is 19.8. The van der Waals surface area contributed by atoms with Crippen molar-refractivity contribution in [3.05, 3.63) is 77.4 Å². The van der Waals surface area contributed by atoms with Crippen LogP contribution in [0.5, 0.6) is 23.0 Å². The summed E-state index contributed by atoms with van der Waals surface area (Å²) in [5.41, 5.74) is 5.58. The minimum Gasteiger partial charge on any atom is -0.493 e. The molecule has 0 aromatic heterocycles. The van der Waals surface area contributed by atoms with E-state index in [-0.39, 0.29) is 0 Å². The second-order valence-electron chi connectivity index (χ2n) is 8.17. The van der Waals surface area contributed by atoms with Crippen LogP contribution in [0.4, 0.5) is 0 Å². The Kier molecular flexibility index (Phi) is 7.20. The highest BCUT2D eigenvalue weighted by atomic mass is 16.5. The molecule has 0 saturated heterocycles. The highest BCUT2D eigenvalue weighted by Crippen LogP contribution is 2.43. The molecule has 0 radical (unpaired) electrons. The molecule has 0 N–H and O–H groups in total. The van der Waals surface area contributed by atoms with Crippen molar-refractivity contribution >= 4 is 6.08 Å². The minimum atomic E-state index is 0.615. The molecule has 1 heterocycles.